The summed E-state index contributed by atoms with van der Waals surface area (Å²) in [4.78, 5) is 0. The third-order valence-electron chi connectivity index (χ3n) is 2.30. The molecule has 0 fully saturated rings. The Morgan fingerprint density at radius 2 is 2.07 bits per heavy atom. The molecule has 0 aliphatic rings. The molecular formula is C11H13N3. The number of hydrogen-bond acceptors (Lipinski definition) is 1. The first kappa shape index (κ1) is 8.81. The maximum atomic E-state index is 7.17. The molecule has 2 aromatic rings. The summed E-state index contributed by atoms with van der Waals surface area (Å²) in [5.41, 5.74) is 6.53. The minimum absolute atomic E-state index is 0.239. The van der Waals surface area contributed by atoms with Crippen molar-refractivity contribution < 1.29 is 0 Å². The highest BCUT2D eigenvalue weighted by Crippen LogP contribution is 2.14. The van der Waals surface area contributed by atoms with Crippen LogP contribution in [0.25, 0.3) is 10.9 Å². The van der Waals surface area contributed by atoms with Crippen molar-refractivity contribution in [3.05, 3.63) is 36.5 Å². The Hall–Kier alpha value is -1.77. The van der Waals surface area contributed by atoms with Gasteiger partial charge >= 0.3 is 0 Å². The topological polar surface area (TPSA) is 54.8 Å². The summed E-state index contributed by atoms with van der Waals surface area (Å²) < 4.78 is 2.12. The molecule has 72 valence electrons. The van der Waals surface area contributed by atoms with Gasteiger partial charge in [0.1, 0.15) is 0 Å². The van der Waals surface area contributed by atoms with Crippen molar-refractivity contribution in [3.8, 4) is 0 Å². The van der Waals surface area contributed by atoms with Crippen molar-refractivity contribution in [2.24, 2.45) is 5.73 Å². The predicted molar refractivity (Wildman–Crippen MR) is 58.5 cm³/mol. The van der Waals surface area contributed by atoms with Gasteiger partial charge in [-0.05, 0) is 17.5 Å². The molecule has 2 rings (SSSR count). The quantitative estimate of drug-likeness (QED) is 0.560. The van der Waals surface area contributed by atoms with Crippen LogP contribution in [0.3, 0.4) is 0 Å². The van der Waals surface area contributed by atoms with Gasteiger partial charge in [0.2, 0.25) is 0 Å². The van der Waals surface area contributed by atoms with Gasteiger partial charge in [-0.25, -0.2) is 0 Å². The minimum Gasteiger partial charge on any atom is -0.388 e. The molecular weight excluding hydrogens is 174 g/mol. The normalized spacial score (nSPS) is 10.6. The number of rotatable bonds is 3. The molecule has 1 aromatic heterocycles. The molecule has 0 spiro atoms. The summed E-state index contributed by atoms with van der Waals surface area (Å²) in [5, 5.41) is 8.40. The molecule has 0 bridgehead atoms. The average molecular weight is 187 g/mol. The largest absolute Gasteiger partial charge is 0.388 e. The zero-order valence-corrected chi connectivity index (χ0v) is 7.90. The van der Waals surface area contributed by atoms with Crippen LogP contribution in [-0.4, -0.2) is 10.4 Å². The fourth-order valence-electron chi connectivity index (χ4n) is 1.58. The van der Waals surface area contributed by atoms with Crippen LogP contribution in [0.4, 0.5) is 0 Å². The first-order valence-corrected chi connectivity index (χ1v) is 4.64. The SMILES string of the molecule is N=C(N)CCn1ccc2ccccc21. The van der Waals surface area contributed by atoms with E-state index in [1.165, 1.54) is 10.9 Å². The number of nitrogens with one attached hydrogen (secondary N) is 1. The Morgan fingerprint density at radius 3 is 2.86 bits per heavy atom. The van der Waals surface area contributed by atoms with Crippen LogP contribution in [-0.2, 0) is 6.54 Å². The second-order valence-electron chi connectivity index (χ2n) is 3.34. The van der Waals surface area contributed by atoms with Crippen LogP contribution in [0.15, 0.2) is 36.5 Å². The van der Waals surface area contributed by atoms with Gasteiger partial charge < -0.3 is 10.3 Å². The summed E-state index contributed by atoms with van der Waals surface area (Å²) in [6.07, 6.45) is 2.65. The summed E-state index contributed by atoms with van der Waals surface area (Å²) in [7, 11) is 0. The lowest BCUT2D eigenvalue weighted by atomic mass is 10.2. The van der Waals surface area contributed by atoms with E-state index < -0.39 is 0 Å². The molecule has 0 aliphatic carbocycles. The van der Waals surface area contributed by atoms with E-state index >= 15 is 0 Å². The standard InChI is InChI=1S/C11H13N3/c12-11(13)6-8-14-7-5-9-3-1-2-4-10(9)14/h1-5,7H,6,8H2,(H3,12,13). The Labute approximate surface area is 82.7 Å². The van der Waals surface area contributed by atoms with Crippen LogP contribution in [0.2, 0.25) is 0 Å². The maximum Gasteiger partial charge on any atom is 0.0923 e. The van der Waals surface area contributed by atoms with Crippen molar-refractivity contribution in [1.29, 1.82) is 5.41 Å². The lowest BCUT2D eigenvalue weighted by Gasteiger charge is -2.03. The third-order valence-corrected chi connectivity index (χ3v) is 2.30. The van der Waals surface area contributed by atoms with Crippen molar-refractivity contribution in [3.63, 3.8) is 0 Å². The molecule has 3 nitrogen and oxygen atoms in total. The maximum absolute atomic E-state index is 7.17. The highest BCUT2D eigenvalue weighted by Gasteiger charge is 1.99. The number of amidine groups is 1. The number of aryl methyl sites for hydroxylation is 1. The number of hydrogen-bond donors (Lipinski definition) is 2. The lowest BCUT2D eigenvalue weighted by molar-refractivity contribution is 0.750. The second-order valence-corrected chi connectivity index (χ2v) is 3.34. The summed E-state index contributed by atoms with van der Waals surface area (Å²) in [5.74, 6) is 0.239. The number of nitrogens with zero attached hydrogens (tertiary/aromatic N) is 1. The first-order valence-electron chi connectivity index (χ1n) is 4.64. The third kappa shape index (κ3) is 1.62. The Kier molecular flexibility index (Phi) is 2.23. The van der Waals surface area contributed by atoms with Gasteiger partial charge in [-0.1, -0.05) is 18.2 Å². The zero-order valence-electron chi connectivity index (χ0n) is 7.90. The van der Waals surface area contributed by atoms with Crippen molar-refractivity contribution in [1.82, 2.24) is 4.57 Å². The molecule has 3 N–H and O–H groups in total. The Morgan fingerprint density at radius 1 is 1.29 bits per heavy atom. The molecule has 3 heteroatoms. The van der Waals surface area contributed by atoms with Gasteiger partial charge in [0.25, 0.3) is 0 Å². The van der Waals surface area contributed by atoms with Gasteiger partial charge in [0.15, 0.2) is 0 Å². The summed E-state index contributed by atoms with van der Waals surface area (Å²) in [6.45, 7) is 0.781. The van der Waals surface area contributed by atoms with Gasteiger partial charge in [0, 0.05) is 24.7 Å². The molecule has 0 saturated carbocycles. The summed E-state index contributed by atoms with van der Waals surface area (Å²) >= 11 is 0. The van der Waals surface area contributed by atoms with E-state index in [0.717, 1.165) is 6.54 Å². The lowest BCUT2D eigenvalue weighted by Crippen LogP contribution is -2.12. The molecule has 14 heavy (non-hydrogen) atoms. The molecule has 0 aliphatic heterocycles. The highest BCUT2D eigenvalue weighted by atomic mass is 15.0. The van der Waals surface area contributed by atoms with E-state index in [1.54, 1.807) is 0 Å². The first-order chi connectivity index (χ1) is 6.77. The predicted octanol–water partition coefficient (Wildman–Crippen LogP) is 1.97. The van der Waals surface area contributed by atoms with Gasteiger partial charge in [-0.3, -0.25) is 5.41 Å². The van der Waals surface area contributed by atoms with E-state index in [-0.39, 0.29) is 5.84 Å². The fourth-order valence-corrected chi connectivity index (χ4v) is 1.58. The van der Waals surface area contributed by atoms with E-state index in [4.69, 9.17) is 11.1 Å². The van der Waals surface area contributed by atoms with Crippen molar-refractivity contribution >= 4 is 16.7 Å². The number of benzene rings is 1. The van der Waals surface area contributed by atoms with Crippen molar-refractivity contribution in [2.45, 2.75) is 13.0 Å². The molecule has 0 unspecified atom stereocenters. The second kappa shape index (κ2) is 3.54. The molecule has 1 aromatic carbocycles. The monoisotopic (exact) mass is 187 g/mol. The number of aromatic nitrogens is 1. The van der Waals surface area contributed by atoms with Gasteiger partial charge in [-0.2, -0.15) is 0 Å². The zero-order chi connectivity index (χ0) is 9.97. The van der Waals surface area contributed by atoms with Gasteiger partial charge in [0.05, 0.1) is 5.84 Å². The average Bonchev–Trinajstić information content (AvgIpc) is 2.58. The molecule has 0 saturated heterocycles. The Balaban J connectivity index is 2.29. The highest BCUT2D eigenvalue weighted by molar-refractivity contribution is 5.80. The number of nitrogens with two attached hydrogens (primary N) is 1. The van der Waals surface area contributed by atoms with Crippen molar-refractivity contribution in [2.75, 3.05) is 0 Å². The minimum atomic E-state index is 0.239. The van der Waals surface area contributed by atoms with Crippen LogP contribution >= 0.6 is 0 Å². The van der Waals surface area contributed by atoms with E-state index in [0.29, 0.717) is 6.42 Å². The molecule has 1 heterocycles. The van der Waals surface area contributed by atoms with Crippen LogP contribution in [0.5, 0.6) is 0 Å². The molecule has 0 atom stereocenters. The molecule has 0 radical (unpaired) electrons. The van der Waals surface area contributed by atoms with Gasteiger partial charge in [-0.15, -0.1) is 0 Å². The van der Waals surface area contributed by atoms with Crippen LogP contribution in [0, 0.1) is 5.41 Å². The number of para-hydroxylation sites is 1. The van der Waals surface area contributed by atoms with E-state index in [9.17, 15) is 0 Å². The smallest absolute Gasteiger partial charge is 0.0923 e. The van der Waals surface area contributed by atoms with Crippen LogP contribution < -0.4 is 5.73 Å². The van der Waals surface area contributed by atoms with E-state index in [1.807, 2.05) is 18.3 Å². The summed E-state index contributed by atoms with van der Waals surface area (Å²) in [6, 6.07) is 10.3. The van der Waals surface area contributed by atoms with E-state index in [2.05, 4.69) is 22.8 Å². The number of fused-ring (bicyclic) bond motifs is 1. The molecule has 0 amide bonds. The van der Waals surface area contributed by atoms with Crippen LogP contribution in [0.1, 0.15) is 6.42 Å². The Bertz CT molecular complexity index is 456. The fraction of sp³-hybridized carbons (Fsp3) is 0.182.